The molecule has 2 N–H and O–H groups in total. The van der Waals surface area contributed by atoms with Crippen molar-refractivity contribution >= 4 is 38.8 Å². The second kappa shape index (κ2) is 13.3. The smallest absolute Gasteiger partial charge is 0.138 e. The number of benzene rings is 2. The Morgan fingerprint density at radius 1 is 0.455 bits per heavy atom. The van der Waals surface area contributed by atoms with Gasteiger partial charge in [0.05, 0.1) is 45.0 Å². The second-order valence-electron chi connectivity index (χ2n) is 13.1. The van der Waals surface area contributed by atoms with Crippen LogP contribution >= 0.6 is 0 Å². The summed E-state index contributed by atoms with van der Waals surface area (Å²) in [7, 11) is 0. The minimum Gasteiger partial charge on any atom is -0.405 e. The van der Waals surface area contributed by atoms with Gasteiger partial charge in [0, 0.05) is 69.5 Å². The van der Waals surface area contributed by atoms with Gasteiger partial charge in [-0.3, -0.25) is 24.1 Å². The SMILES string of the molecule is N/C=C\c1cc2ccccc2n1-c1ccc(-c2cc(-c3cc(-c4ccccn4)cc(-n4c5ccccc5c5cnccc54)n3)cc(-c3ccccn3)n2)cn1. The van der Waals surface area contributed by atoms with Crippen LogP contribution in [0.3, 0.4) is 0 Å². The van der Waals surface area contributed by atoms with Crippen LogP contribution in [0.2, 0.25) is 0 Å². The number of nitrogens with zero attached hydrogens (tertiary/aromatic N) is 8. The molecule has 9 heteroatoms. The van der Waals surface area contributed by atoms with E-state index >= 15 is 0 Å². The quantitative estimate of drug-likeness (QED) is 0.175. The molecule has 0 saturated carbocycles. The molecule has 0 unspecified atom stereocenters. The third kappa shape index (κ3) is 5.67. The molecule has 2 aromatic carbocycles. The molecule has 0 aliphatic rings. The zero-order valence-corrected chi connectivity index (χ0v) is 29.4. The maximum atomic E-state index is 5.84. The van der Waals surface area contributed by atoms with Gasteiger partial charge >= 0.3 is 0 Å². The number of hydrogen-bond acceptors (Lipinski definition) is 7. The van der Waals surface area contributed by atoms with Crippen LogP contribution in [0.25, 0.3) is 95.6 Å². The number of pyridine rings is 6. The van der Waals surface area contributed by atoms with E-state index in [-0.39, 0.29) is 0 Å². The van der Waals surface area contributed by atoms with Crippen LogP contribution in [0.5, 0.6) is 0 Å². The van der Waals surface area contributed by atoms with E-state index in [1.54, 1.807) is 12.4 Å². The molecule has 8 aromatic heterocycles. The molecular formula is C46H31N9. The van der Waals surface area contributed by atoms with Crippen molar-refractivity contribution in [3.63, 3.8) is 0 Å². The van der Waals surface area contributed by atoms with Crippen LogP contribution in [0.4, 0.5) is 0 Å². The van der Waals surface area contributed by atoms with Gasteiger partial charge in [-0.2, -0.15) is 0 Å². The molecular weight excluding hydrogens is 679 g/mol. The lowest BCUT2D eigenvalue weighted by molar-refractivity contribution is 1.03. The van der Waals surface area contributed by atoms with Gasteiger partial charge in [0.2, 0.25) is 0 Å². The van der Waals surface area contributed by atoms with Gasteiger partial charge in [0.15, 0.2) is 0 Å². The number of hydrogen-bond donors (Lipinski definition) is 1. The molecule has 260 valence electrons. The Morgan fingerprint density at radius 2 is 1.16 bits per heavy atom. The number of aromatic nitrogens is 8. The summed E-state index contributed by atoms with van der Waals surface area (Å²) in [4.78, 5) is 29.3. The van der Waals surface area contributed by atoms with Crippen molar-refractivity contribution in [3.05, 3.63) is 176 Å². The summed E-state index contributed by atoms with van der Waals surface area (Å²) in [6, 6.07) is 44.9. The van der Waals surface area contributed by atoms with Crippen LogP contribution in [-0.4, -0.2) is 39.0 Å². The van der Waals surface area contributed by atoms with E-state index in [1.165, 1.54) is 0 Å². The molecule has 0 aliphatic carbocycles. The van der Waals surface area contributed by atoms with Crippen LogP contribution in [0.1, 0.15) is 5.69 Å². The van der Waals surface area contributed by atoms with Gasteiger partial charge in [-0.05, 0) is 97.2 Å². The summed E-state index contributed by atoms with van der Waals surface area (Å²) in [5.74, 6) is 1.54. The Labute approximate surface area is 315 Å². The Morgan fingerprint density at radius 3 is 1.95 bits per heavy atom. The zero-order valence-electron chi connectivity index (χ0n) is 29.4. The lowest BCUT2D eigenvalue weighted by atomic mass is 10.0. The molecule has 0 radical (unpaired) electrons. The van der Waals surface area contributed by atoms with Crippen molar-refractivity contribution in [1.82, 2.24) is 39.0 Å². The first-order valence-electron chi connectivity index (χ1n) is 17.9. The van der Waals surface area contributed by atoms with E-state index in [0.29, 0.717) is 0 Å². The summed E-state index contributed by atoms with van der Waals surface area (Å²) in [5, 5.41) is 3.27. The first kappa shape index (κ1) is 31.9. The van der Waals surface area contributed by atoms with Gasteiger partial charge in [0.1, 0.15) is 11.6 Å². The average Bonchev–Trinajstić information content (AvgIpc) is 3.80. The molecule has 10 rings (SSSR count). The normalized spacial score (nSPS) is 11.6. The van der Waals surface area contributed by atoms with E-state index < -0.39 is 0 Å². The highest BCUT2D eigenvalue weighted by Gasteiger charge is 2.18. The zero-order chi connectivity index (χ0) is 36.7. The van der Waals surface area contributed by atoms with E-state index in [1.807, 2.05) is 91.5 Å². The van der Waals surface area contributed by atoms with Crippen LogP contribution < -0.4 is 5.73 Å². The van der Waals surface area contributed by atoms with E-state index in [4.69, 9.17) is 25.7 Å². The molecule has 0 spiro atoms. The fourth-order valence-electron chi connectivity index (χ4n) is 7.32. The third-order valence-corrected chi connectivity index (χ3v) is 9.80. The number of nitrogens with two attached hydrogens (primary N) is 1. The second-order valence-corrected chi connectivity index (χ2v) is 13.1. The standard InChI is InChI=1S/C46H31N9/c47-19-17-34-23-30-9-1-3-13-42(30)54(34)45-16-15-31(28-51-45)39-24-32(26-41(52-39)38-12-6-8-21-50-38)40-25-33(37-11-5-7-20-49-37)27-46(53-40)55-43-14-4-2-10-35(43)36-29-48-22-18-44(36)55/h1-29H,47H2/b19-17-. The monoisotopic (exact) mass is 709 g/mol. The van der Waals surface area contributed by atoms with E-state index in [0.717, 1.165) is 95.2 Å². The van der Waals surface area contributed by atoms with Gasteiger partial charge in [-0.25, -0.2) is 15.0 Å². The molecule has 9 nitrogen and oxygen atoms in total. The molecule has 0 saturated heterocycles. The molecule has 0 aliphatic heterocycles. The van der Waals surface area contributed by atoms with Gasteiger partial charge in [-0.15, -0.1) is 0 Å². The van der Waals surface area contributed by atoms with Crippen molar-refractivity contribution in [2.45, 2.75) is 0 Å². The maximum Gasteiger partial charge on any atom is 0.138 e. The Hall–Kier alpha value is -7.78. The molecule has 0 atom stereocenters. The highest BCUT2D eigenvalue weighted by Crippen LogP contribution is 2.36. The fraction of sp³-hybridized carbons (Fsp3) is 0. The predicted molar refractivity (Wildman–Crippen MR) is 219 cm³/mol. The molecule has 0 amide bonds. The molecule has 8 heterocycles. The summed E-state index contributed by atoms with van der Waals surface area (Å²) in [5.41, 5.74) is 16.4. The highest BCUT2D eigenvalue weighted by molar-refractivity contribution is 6.08. The topological polar surface area (TPSA) is 113 Å². The molecule has 55 heavy (non-hydrogen) atoms. The third-order valence-electron chi connectivity index (χ3n) is 9.80. The first-order valence-corrected chi connectivity index (χ1v) is 17.9. The maximum absolute atomic E-state index is 5.84. The lowest BCUT2D eigenvalue weighted by Crippen LogP contribution is -2.02. The minimum atomic E-state index is 0.721. The number of rotatable bonds is 7. The summed E-state index contributed by atoms with van der Waals surface area (Å²) >= 11 is 0. The largest absolute Gasteiger partial charge is 0.405 e. The Kier molecular flexibility index (Phi) is 7.73. The van der Waals surface area contributed by atoms with E-state index in [9.17, 15) is 0 Å². The lowest BCUT2D eigenvalue weighted by Gasteiger charge is -2.14. The number of fused-ring (bicyclic) bond motifs is 4. The van der Waals surface area contributed by atoms with Crippen molar-refractivity contribution in [3.8, 4) is 56.8 Å². The van der Waals surface area contributed by atoms with Gasteiger partial charge in [-0.1, -0.05) is 48.5 Å². The summed E-state index contributed by atoms with van der Waals surface area (Å²) in [6.45, 7) is 0. The summed E-state index contributed by atoms with van der Waals surface area (Å²) < 4.78 is 4.30. The van der Waals surface area contributed by atoms with E-state index in [2.05, 4.69) is 91.9 Å². The first-order chi connectivity index (χ1) is 27.2. The fourth-order valence-corrected chi connectivity index (χ4v) is 7.32. The minimum absolute atomic E-state index is 0.721. The predicted octanol–water partition coefficient (Wildman–Crippen LogP) is 9.69. The van der Waals surface area contributed by atoms with Gasteiger partial charge in [0.25, 0.3) is 0 Å². The molecule has 10 aromatic rings. The summed E-state index contributed by atoms with van der Waals surface area (Å²) in [6.07, 6.45) is 12.6. The van der Waals surface area contributed by atoms with Crippen molar-refractivity contribution in [1.29, 1.82) is 0 Å². The van der Waals surface area contributed by atoms with Crippen molar-refractivity contribution in [2.75, 3.05) is 0 Å². The molecule has 0 fully saturated rings. The number of para-hydroxylation sites is 2. The Bertz CT molecular complexity index is 2990. The van der Waals surface area contributed by atoms with Gasteiger partial charge < -0.3 is 5.73 Å². The van der Waals surface area contributed by atoms with Crippen molar-refractivity contribution < 1.29 is 0 Å². The Balaban J connectivity index is 1.17. The highest BCUT2D eigenvalue weighted by atomic mass is 15.1. The van der Waals surface area contributed by atoms with Crippen LogP contribution in [0, 0.1) is 0 Å². The average molecular weight is 710 g/mol. The van der Waals surface area contributed by atoms with Crippen LogP contribution in [-0.2, 0) is 0 Å². The van der Waals surface area contributed by atoms with Crippen molar-refractivity contribution in [2.24, 2.45) is 5.73 Å². The van der Waals surface area contributed by atoms with Crippen LogP contribution in [0.15, 0.2) is 171 Å². The molecule has 0 bridgehead atoms.